The Bertz CT molecular complexity index is 1230. The fourth-order valence-corrected chi connectivity index (χ4v) is 3.56. The standard InChI is InChI=1S/C27H33N5O2/c1-5-18(2)12-13-32-17-22(10-11-26(32)34)24-16-30-19(3)27(31-24)25(33)14-23(28)21-8-6-20(7-9-21)15-29-4/h6-11,14,16-18,29H,5,12-13,15,28H2,1-4H3/b23-14-/t18-/m0/s1. The van der Waals surface area contributed by atoms with Gasteiger partial charge >= 0.3 is 0 Å². The first-order chi connectivity index (χ1) is 16.3. The molecule has 1 atom stereocenters. The number of nitrogens with two attached hydrogens (primary N) is 1. The maximum absolute atomic E-state index is 13.0. The molecule has 3 N–H and O–H groups in total. The van der Waals surface area contributed by atoms with E-state index in [1.165, 1.54) is 12.1 Å². The maximum atomic E-state index is 13.0. The summed E-state index contributed by atoms with van der Waals surface area (Å²) >= 11 is 0. The summed E-state index contributed by atoms with van der Waals surface area (Å²) in [4.78, 5) is 34.3. The molecule has 2 aromatic heterocycles. The molecule has 7 heteroatoms. The van der Waals surface area contributed by atoms with Gasteiger partial charge in [0, 0.05) is 42.7 Å². The number of ketones is 1. The minimum atomic E-state index is -0.311. The highest BCUT2D eigenvalue weighted by molar-refractivity contribution is 6.07. The van der Waals surface area contributed by atoms with Crippen LogP contribution in [0.25, 0.3) is 17.0 Å². The summed E-state index contributed by atoms with van der Waals surface area (Å²) in [7, 11) is 1.89. The predicted molar refractivity (Wildman–Crippen MR) is 136 cm³/mol. The number of allylic oxidation sites excluding steroid dienone is 1. The number of aromatic nitrogens is 3. The van der Waals surface area contributed by atoms with Gasteiger partial charge in [0.05, 0.1) is 17.6 Å². The van der Waals surface area contributed by atoms with Crippen molar-refractivity contribution in [3.8, 4) is 11.3 Å². The van der Waals surface area contributed by atoms with Crippen LogP contribution in [0.1, 0.15) is 54.0 Å². The second-order valence-electron chi connectivity index (χ2n) is 8.63. The van der Waals surface area contributed by atoms with Crippen LogP contribution in [0.4, 0.5) is 0 Å². The number of carbonyl (C=O) groups is 1. The number of pyridine rings is 1. The molecule has 7 nitrogen and oxygen atoms in total. The van der Waals surface area contributed by atoms with Crippen LogP contribution in [0.5, 0.6) is 0 Å². The molecule has 0 saturated heterocycles. The quantitative estimate of drug-likeness (QED) is 0.351. The molecule has 2 heterocycles. The molecule has 3 aromatic rings. The molecule has 0 unspecified atom stereocenters. The summed E-state index contributed by atoms with van der Waals surface area (Å²) in [5.41, 5.74) is 10.4. The van der Waals surface area contributed by atoms with Crippen molar-refractivity contribution in [2.75, 3.05) is 7.05 Å². The largest absolute Gasteiger partial charge is 0.398 e. The third-order valence-corrected chi connectivity index (χ3v) is 5.98. The lowest BCUT2D eigenvalue weighted by molar-refractivity contribution is 0.104. The number of nitrogens with zero attached hydrogens (tertiary/aromatic N) is 3. The molecule has 0 aliphatic heterocycles. The third kappa shape index (κ3) is 6.26. The summed E-state index contributed by atoms with van der Waals surface area (Å²) in [6, 6.07) is 11.0. The number of hydrogen-bond donors (Lipinski definition) is 2. The molecule has 178 valence electrons. The Morgan fingerprint density at radius 2 is 1.94 bits per heavy atom. The highest BCUT2D eigenvalue weighted by Crippen LogP contribution is 2.19. The van der Waals surface area contributed by atoms with Crippen LogP contribution in [-0.4, -0.2) is 27.4 Å². The van der Waals surface area contributed by atoms with Gasteiger partial charge in [-0.2, -0.15) is 0 Å². The minimum Gasteiger partial charge on any atom is -0.398 e. The Balaban J connectivity index is 1.86. The van der Waals surface area contributed by atoms with Crippen LogP contribution < -0.4 is 16.6 Å². The maximum Gasteiger partial charge on any atom is 0.250 e. The molecule has 0 aliphatic rings. The molecule has 1 aromatic carbocycles. The van der Waals surface area contributed by atoms with Crippen LogP contribution in [0.2, 0.25) is 0 Å². The van der Waals surface area contributed by atoms with Gasteiger partial charge in [-0.25, -0.2) is 4.98 Å². The van der Waals surface area contributed by atoms with Crippen LogP contribution >= 0.6 is 0 Å². The number of aryl methyl sites for hydroxylation is 2. The highest BCUT2D eigenvalue weighted by atomic mass is 16.1. The van der Waals surface area contributed by atoms with Crippen molar-refractivity contribution in [2.24, 2.45) is 11.7 Å². The molecule has 3 rings (SSSR count). The van der Waals surface area contributed by atoms with Crippen molar-refractivity contribution in [1.29, 1.82) is 0 Å². The van der Waals surface area contributed by atoms with Gasteiger partial charge in [-0.1, -0.05) is 44.5 Å². The lowest BCUT2D eigenvalue weighted by Gasteiger charge is -2.12. The van der Waals surface area contributed by atoms with Gasteiger partial charge in [0.2, 0.25) is 5.78 Å². The Morgan fingerprint density at radius 1 is 1.21 bits per heavy atom. The van der Waals surface area contributed by atoms with E-state index in [9.17, 15) is 9.59 Å². The molecule has 0 amide bonds. The lowest BCUT2D eigenvalue weighted by Crippen LogP contribution is -2.19. The van der Waals surface area contributed by atoms with E-state index in [1.54, 1.807) is 30.0 Å². The Kier molecular flexibility index (Phi) is 8.49. The highest BCUT2D eigenvalue weighted by Gasteiger charge is 2.14. The average Bonchev–Trinajstić information content (AvgIpc) is 2.84. The molecule has 0 spiro atoms. The molecule has 0 bridgehead atoms. The zero-order chi connectivity index (χ0) is 24.7. The lowest BCUT2D eigenvalue weighted by atomic mass is 10.1. The van der Waals surface area contributed by atoms with Crippen LogP contribution in [0.15, 0.2) is 59.7 Å². The zero-order valence-electron chi connectivity index (χ0n) is 20.3. The molecule has 34 heavy (non-hydrogen) atoms. The monoisotopic (exact) mass is 459 g/mol. The second kappa shape index (κ2) is 11.5. The van der Waals surface area contributed by atoms with E-state index in [4.69, 9.17) is 5.73 Å². The summed E-state index contributed by atoms with van der Waals surface area (Å²) in [6.45, 7) is 7.46. The molecular weight excluding hydrogens is 426 g/mol. The first-order valence-electron chi connectivity index (χ1n) is 11.6. The van der Waals surface area contributed by atoms with Crippen LogP contribution in [0.3, 0.4) is 0 Å². The molecular formula is C27H33N5O2. The van der Waals surface area contributed by atoms with Crippen LogP contribution in [-0.2, 0) is 13.1 Å². The first-order valence-corrected chi connectivity index (χ1v) is 11.6. The van der Waals surface area contributed by atoms with Gasteiger partial charge in [-0.3, -0.25) is 14.6 Å². The van der Waals surface area contributed by atoms with E-state index < -0.39 is 0 Å². The van der Waals surface area contributed by atoms with E-state index in [0.717, 1.165) is 36.1 Å². The number of nitrogens with one attached hydrogen (secondary N) is 1. The summed E-state index contributed by atoms with van der Waals surface area (Å²) in [5, 5.41) is 3.10. The van der Waals surface area contributed by atoms with E-state index in [-0.39, 0.29) is 17.0 Å². The van der Waals surface area contributed by atoms with Crippen molar-refractivity contribution in [2.45, 2.75) is 46.7 Å². The molecule has 0 aliphatic carbocycles. The summed E-state index contributed by atoms with van der Waals surface area (Å²) in [6.07, 6.45) is 6.79. The Morgan fingerprint density at radius 3 is 2.62 bits per heavy atom. The molecule has 0 radical (unpaired) electrons. The fraction of sp³-hybridized carbons (Fsp3) is 0.333. The number of hydrogen-bond acceptors (Lipinski definition) is 6. The second-order valence-corrected chi connectivity index (χ2v) is 8.63. The van der Waals surface area contributed by atoms with Gasteiger partial charge in [-0.15, -0.1) is 0 Å². The summed E-state index contributed by atoms with van der Waals surface area (Å²) in [5.74, 6) is 0.226. The predicted octanol–water partition coefficient (Wildman–Crippen LogP) is 3.95. The molecule has 0 fully saturated rings. The third-order valence-electron chi connectivity index (χ3n) is 5.98. The number of carbonyl (C=O) groups excluding carboxylic acids is 1. The Hall–Kier alpha value is -3.58. The SMILES string of the molecule is CC[C@H](C)CCn1cc(-c2cnc(C)c(C(=O)/C=C(\N)c3ccc(CNC)cc3)n2)ccc1=O. The van der Waals surface area contributed by atoms with Crippen molar-refractivity contribution >= 4 is 11.5 Å². The van der Waals surface area contributed by atoms with E-state index in [0.29, 0.717) is 29.5 Å². The van der Waals surface area contributed by atoms with Gasteiger partial charge in [0.25, 0.3) is 5.56 Å². The molecule has 0 saturated carbocycles. The topological polar surface area (TPSA) is 103 Å². The fourth-order valence-electron chi connectivity index (χ4n) is 3.56. The smallest absolute Gasteiger partial charge is 0.250 e. The van der Waals surface area contributed by atoms with Crippen molar-refractivity contribution < 1.29 is 4.79 Å². The van der Waals surface area contributed by atoms with Gasteiger partial charge in [0.15, 0.2) is 0 Å². The Labute approximate surface area is 200 Å². The number of benzene rings is 1. The minimum absolute atomic E-state index is 0.0557. The van der Waals surface area contributed by atoms with Crippen molar-refractivity contribution in [1.82, 2.24) is 19.9 Å². The first kappa shape index (κ1) is 25.1. The summed E-state index contributed by atoms with van der Waals surface area (Å²) < 4.78 is 1.69. The zero-order valence-corrected chi connectivity index (χ0v) is 20.3. The van der Waals surface area contributed by atoms with Gasteiger partial charge < -0.3 is 15.6 Å². The van der Waals surface area contributed by atoms with E-state index in [1.807, 2.05) is 31.3 Å². The van der Waals surface area contributed by atoms with E-state index in [2.05, 4.69) is 29.1 Å². The normalized spacial score (nSPS) is 12.5. The van der Waals surface area contributed by atoms with Crippen molar-refractivity contribution in [3.05, 3.63) is 87.7 Å². The van der Waals surface area contributed by atoms with E-state index >= 15 is 0 Å². The van der Waals surface area contributed by atoms with Gasteiger partial charge in [0.1, 0.15) is 5.69 Å². The number of rotatable bonds is 10. The average molecular weight is 460 g/mol. The van der Waals surface area contributed by atoms with Crippen molar-refractivity contribution in [3.63, 3.8) is 0 Å². The van der Waals surface area contributed by atoms with Gasteiger partial charge in [-0.05, 0) is 43.5 Å². The van der Waals surface area contributed by atoms with Crippen LogP contribution in [0, 0.1) is 12.8 Å².